The molecule has 1 aromatic carbocycles. The van der Waals surface area contributed by atoms with Crippen LogP contribution in [0.25, 0.3) is 16.6 Å². The number of hydrogen-bond donors (Lipinski definition) is 3. The summed E-state index contributed by atoms with van der Waals surface area (Å²) in [7, 11) is 1.41. The van der Waals surface area contributed by atoms with E-state index in [2.05, 4.69) is 5.32 Å². The second-order valence-corrected chi connectivity index (χ2v) is 15.5. The molecule has 6 aliphatic rings. The minimum atomic E-state index is -1.86. The van der Waals surface area contributed by atoms with Crippen molar-refractivity contribution in [3.05, 3.63) is 91.8 Å². The Bertz CT molecular complexity index is 2580. The highest BCUT2D eigenvalue weighted by molar-refractivity contribution is 6.25. The number of amides is 3. The lowest BCUT2D eigenvalue weighted by Crippen LogP contribution is -2.56. The largest absolute Gasteiger partial charge is 0.457 e. The first kappa shape index (κ1) is 38.0. The quantitative estimate of drug-likeness (QED) is 0.0676. The number of nitrogens with one attached hydrogen (secondary N) is 1. The summed E-state index contributed by atoms with van der Waals surface area (Å²) in [6.07, 6.45) is -0.762. The lowest BCUT2D eigenvalue weighted by Gasteiger charge is -2.41. The topological polar surface area (TPSA) is 245 Å². The van der Waals surface area contributed by atoms with Crippen LogP contribution in [-0.4, -0.2) is 99.6 Å². The molecular formula is C41H41N7O11. The van der Waals surface area contributed by atoms with Gasteiger partial charge in [0.2, 0.25) is 23.1 Å². The lowest BCUT2D eigenvalue weighted by atomic mass is 9.82. The van der Waals surface area contributed by atoms with Crippen LogP contribution < -0.4 is 22.3 Å². The molecule has 3 amide bonds. The SMILES string of the molecule is CC[C@@]1(OC(=O)NCCCCC(=O)N2C3CN4C5=C(C(=O)C(N)=C(C)C5=O)C(COC(N)=O)C4(OC)C32)C(=O)OCc2c1cc1n(c2=O)-c2cc3ccccc3nc2C1. The molecule has 5 atom stereocenters. The normalized spacial score (nSPS) is 25.9. The number of ketones is 2. The van der Waals surface area contributed by atoms with Crippen molar-refractivity contribution in [2.75, 3.05) is 26.8 Å². The number of methoxy groups -OCH3 is 1. The van der Waals surface area contributed by atoms with E-state index >= 15 is 0 Å². The van der Waals surface area contributed by atoms with Gasteiger partial charge in [0.05, 0.1) is 45.8 Å². The molecule has 2 fully saturated rings. The van der Waals surface area contributed by atoms with Gasteiger partial charge in [-0.15, -0.1) is 0 Å². The maximum atomic E-state index is 14.0. The van der Waals surface area contributed by atoms with E-state index < -0.39 is 53.0 Å². The Morgan fingerprint density at radius 3 is 2.61 bits per heavy atom. The third kappa shape index (κ3) is 5.34. The monoisotopic (exact) mass is 807 g/mol. The first-order chi connectivity index (χ1) is 28.3. The number of hydrogen-bond acceptors (Lipinski definition) is 14. The molecule has 59 heavy (non-hydrogen) atoms. The van der Waals surface area contributed by atoms with Crippen molar-refractivity contribution in [1.29, 1.82) is 0 Å². The molecule has 0 saturated carbocycles. The number of nitrogens with two attached hydrogens (primary N) is 2. The van der Waals surface area contributed by atoms with Crippen LogP contribution in [0.5, 0.6) is 0 Å². The molecule has 3 aromatic rings. The van der Waals surface area contributed by atoms with Crippen LogP contribution in [0, 0.1) is 5.92 Å². The summed E-state index contributed by atoms with van der Waals surface area (Å²) in [5.74, 6) is -2.93. The predicted octanol–water partition coefficient (Wildman–Crippen LogP) is 1.45. The maximum absolute atomic E-state index is 14.0. The van der Waals surface area contributed by atoms with Crippen LogP contribution >= 0.6 is 0 Å². The number of primary amides is 1. The van der Waals surface area contributed by atoms with E-state index in [0.717, 1.165) is 16.6 Å². The number of pyridine rings is 2. The van der Waals surface area contributed by atoms with E-state index in [4.69, 9.17) is 35.4 Å². The number of aromatic nitrogens is 2. The summed E-state index contributed by atoms with van der Waals surface area (Å²) in [6, 6.07) is 10.4. The Morgan fingerprint density at radius 1 is 1.08 bits per heavy atom. The number of unbranched alkanes of at least 4 members (excludes halogenated alkanes) is 1. The van der Waals surface area contributed by atoms with Crippen molar-refractivity contribution >= 4 is 46.5 Å². The summed E-state index contributed by atoms with van der Waals surface area (Å²) in [5, 5.41) is 3.55. The number of piperazine rings is 1. The third-order valence-electron chi connectivity index (χ3n) is 12.7. The molecule has 2 saturated heterocycles. The molecule has 4 unspecified atom stereocenters. The predicted molar refractivity (Wildman–Crippen MR) is 204 cm³/mol. The van der Waals surface area contributed by atoms with Gasteiger partial charge in [-0.05, 0) is 44.4 Å². The average molecular weight is 808 g/mol. The fraction of sp³-hybridized carbons (Fsp3) is 0.415. The summed E-state index contributed by atoms with van der Waals surface area (Å²) >= 11 is 0. The van der Waals surface area contributed by atoms with E-state index in [9.17, 15) is 33.6 Å². The van der Waals surface area contributed by atoms with Gasteiger partial charge in [0, 0.05) is 60.8 Å². The van der Waals surface area contributed by atoms with Gasteiger partial charge >= 0.3 is 18.2 Å². The molecule has 5 N–H and O–H groups in total. The molecular weight excluding hydrogens is 766 g/mol. The number of carbonyl (C=O) groups is 6. The summed E-state index contributed by atoms with van der Waals surface area (Å²) in [5.41, 5.74) is 11.1. The van der Waals surface area contributed by atoms with Gasteiger partial charge in [-0.25, -0.2) is 14.4 Å². The molecule has 306 valence electrons. The van der Waals surface area contributed by atoms with Crippen molar-refractivity contribution in [2.24, 2.45) is 17.4 Å². The fourth-order valence-electron chi connectivity index (χ4n) is 9.83. The number of esters is 1. The van der Waals surface area contributed by atoms with E-state index in [0.29, 0.717) is 30.6 Å². The smallest absolute Gasteiger partial charge is 0.408 e. The van der Waals surface area contributed by atoms with E-state index in [1.165, 1.54) is 14.0 Å². The Balaban J connectivity index is 0.842. The number of Topliss-reactive ketones (excluding diaryl/α,β-unsaturated/α-hetero) is 2. The molecule has 0 spiro atoms. The van der Waals surface area contributed by atoms with Crippen molar-refractivity contribution in [3.8, 4) is 5.69 Å². The van der Waals surface area contributed by atoms with Crippen molar-refractivity contribution in [2.45, 2.75) is 76.0 Å². The number of ether oxygens (including phenoxy) is 4. The molecule has 2 aromatic heterocycles. The zero-order valence-corrected chi connectivity index (χ0v) is 32.5. The molecule has 1 aliphatic carbocycles. The standard InChI is InChI=1S/C41H41N7O11/c1-4-40(23-14-21-15-26-27(13-20-9-5-6-10-25(20)45-26)47(21)36(52)22(23)17-57-37(40)53)59-39(55)44-12-8-7-11-29(49)48-28-16-46-32-30(34(51)31(42)19(2)33(32)50)24(18-58-38(43)54)41(46,56-3)35(28)48/h5-6,9-10,13-14,24,28,35H,4,7-8,11-12,15-18,42H2,1-3H3,(H2,43,54)(H,44,55)/t24?,28?,35?,40-,41?,48?/m0/s1. The van der Waals surface area contributed by atoms with Crippen molar-refractivity contribution in [1.82, 2.24) is 24.7 Å². The number of allylic oxidation sites excluding steroid dienone is 2. The van der Waals surface area contributed by atoms with Crippen LogP contribution in [0.3, 0.4) is 0 Å². The zero-order chi connectivity index (χ0) is 41.7. The number of rotatable bonds is 10. The Labute approximate surface area is 336 Å². The Morgan fingerprint density at radius 2 is 1.86 bits per heavy atom. The van der Waals surface area contributed by atoms with Gasteiger partial charge < -0.3 is 45.5 Å². The number of benzene rings is 1. The van der Waals surface area contributed by atoms with Crippen LogP contribution in [0.4, 0.5) is 9.59 Å². The highest BCUT2D eigenvalue weighted by Crippen LogP contribution is 2.60. The number of para-hydroxylation sites is 1. The van der Waals surface area contributed by atoms with E-state index in [1.54, 1.807) is 27.4 Å². The summed E-state index contributed by atoms with van der Waals surface area (Å²) < 4.78 is 24.1. The van der Waals surface area contributed by atoms with E-state index in [1.807, 2.05) is 30.3 Å². The number of cyclic esters (lactones) is 1. The number of carbonyl (C=O) groups excluding carboxylic acids is 6. The van der Waals surface area contributed by atoms with Crippen LogP contribution in [0.15, 0.2) is 63.7 Å². The molecule has 18 heteroatoms. The van der Waals surface area contributed by atoms with Gasteiger partial charge in [-0.1, -0.05) is 25.1 Å². The maximum Gasteiger partial charge on any atom is 0.408 e. The van der Waals surface area contributed by atoms with Crippen molar-refractivity contribution < 1.29 is 47.7 Å². The fourth-order valence-corrected chi connectivity index (χ4v) is 9.83. The van der Waals surface area contributed by atoms with Crippen LogP contribution in [0.2, 0.25) is 0 Å². The highest BCUT2D eigenvalue weighted by atomic mass is 16.6. The van der Waals surface area contributed by atoms with Gasteiger partial charge in [0.1, 0.15) is 19.3 Å². The molecule has 5 aliphatic heterocycles. The number of fused-ring (bicyclic) bond motifs is 9. The zero-order valence-electron chi connectivity index (χ0n) is 32.5. The van der Waals surface area contributed by atoms with Gasteiger partial charge in [0.15, 0.2) is 5.72 Å². The van der Waals surface area contributed by atoms with Gasteiger partial charge in [-0.2, -0.15) is 0 Å². The second kappa shape index (κ2) is 13.5. The Kier molecular flexibility index (Phi) is 8.70. The minimum Gasteiger partial charge on any atom is -0.457 e. The highest BCUT2D eigenvalue weighted by Gasteiger charge is 2.77. The first-order valence-electron chi connectivity index (χ1n) is 19.5. The molecule has 18 nitrogen and oxygen atoms in total. The summed E-state index contributed by atoms with van der Waals surface area (Å²) in [4.78, 5) is 101. The Hall–Kier alpha value is -6.56. The number of alkyl carbamates (subject to hydrolysis) is 1. The second-order valence-electron chi connectivity index (χ2n) is 15.5. The average Bonchev–Trinajstić information content (AvgIpc) is 3.51. The number of nitrogens with zero attached hydrogens (tertiary/aromatic N) is 4. The summed E-state index contributed by atoms with van der Waals surface area (Å²) in [6.45, 7) is 2.82. The van der Waals surface area contributed by atoms with Gasteiger partial charge in [0.25, 0.3) is 5.56 Å². The van der Waals surface area contributed by atoms with Crippen molar-refractivity contribution in [3.63, 3.8) is 0 Å². The molecule has 0 radical (unpaired) electrons. The first-order valence-corrected chi connectivity index (χ1v) is 19.5. The lowest BCUT2D eigenvalue weighted by molar-refractivity contribution is -0.172. The molecule has 9 rings (SSSR count). The van der Waals surface area contributed by atoms with Crippen LogP contribution in [0.1, 0.15) is 62.0 Å². The van der Waals surface area contributed by atoms with Crippen LogP contribution in [-0.2, 0) is 56.8 Å². The minimum absolute atomic E-state index is 0.0110. The molecule has 7 heterocycles. The molecule has 0 bridgehead atoms. The van der Waals surface area contributed by atoms with Gasteiger partial charge in [-0.3, -0.25) is 28.7 Å². The van der Waals surface area contributed by atoms with E-state index in [-0.39, 0.29) is 90.3 Å². The third-order valence-corrected chi connectivity index (χ3v) is 12.7.